The molecule has 0 aliphatic rings. The Kier molecular flexibility index (Phi) is 10.8. The molecule has 0 spiro atoms. The summed E-state index contributed by atoms with van der Waals surface area (Å²) in [6.07, 6.45) is 2.14. The second-order valence-corrected chi connectivity index (χ2v) is 9.01. The third-order valence-electron chi connectivity index (χ3n) is 5.08. The van der Waals surface area contributed by atoms with Gasteiger partial charge in [0, 0.05) is 28.7 Å². The maximum absolute atomic E-state index is 13.3. The molecule has 0 radical (unpaired) electrons. The van der Waals surface area contributed by atoms with Gasteiger partial charge in [-0.2, -0.15) is 0 Å². The van der Waals surface area contributed by atoms with E-state index in [1.54, 1.807) is 18.2 Å². The van der Waals surface area contributed by atoms with Crippen LogP contribution in [0.1, 0.15) is 44.7 Å². The molecule has 2 amide bonds. The molecule has 0 saturated carbocycles. The van der Waals surface area contributed by atoms with Gasteiger partial charge < -0.3 is 15.0 Å². The number of amides is 2. The van der Waals surface area contributed by atoms with Crippen LogP contribution in [-0.2, 0) is 22.6 Å². The Labute approximate surface area is 208 Å². The smallest absolute Gasteiger partial charge is 0.261 e. The number of nitrogens with one attached hydrogen (secondary N) is 1. The Morgan fingerprint density at radius 2 is 1.81 bits per heavy atom. The number of nitrogens with zero attached hydrogens (tertiary/aromatic N) is 1. The Bertz CT molecular complexity index is 919. The second-order valence-electron chi connectivity index (χ2n) is 7.34. The van der Waals surface area contributed by atoms with Gasteiger partial charge in [-0.15, -0.1) is 0 Å². The maximum Gasteiger partial charge on any atom is 0.261 e. The van der Waals surface area contributed by atoms with Crippen LogP contribution in [0, 0.1) is 0 Å². The van der Waals surface area contributed by atoms with E-state index in [1.165, 1.54) is 4.90 Å². The maximum atomic E-state index is 13.3. The molecule has 0 aliphatic carbocycles. The molecule has 2 aromatic rings. The number of halogens is 3. The summed E-state index contributed by atoms with van der Waals surface area (Å²) in [4.78, 5) is 27.6. The Morgan fingerprint density at radius 3 is 2.38 bits per heavy atom. The molecule has 174 valence electrons. The zero-order valence-corrected chi connectivity index (χ0v) is 21.7. The average molecular weight is 544 g/mol. The fraction of sp³-hybridized carbons (Fsp3) is 0.417. The zero-order valence-electron chi connectivity index (χ0n) is 18.6. The van der Waals surface area contributed by atoms with Crippen molar-refractivity contribution in [2.75, 3.05) is 13.2 Å². The zero-order chi connectivity index (χ0) is 23.7. The van der Waals surface area contributed by atoms with Crippen LogP contribution in [0.3, 0.4) is 0 Å². The summed E-state index contributed by atoms with van der Waals surface area (Å²) in [5, 5.41) is 3.77. The van der Waals surface area contributed by atoms with E-state index in [9.17, 15) is 9.59 Å². The van der Waals surface area contributed by atoms with Gasteiger partial charge in [-0.3, -0.25) is 9.59 Å². The minimum atomic E-state index is -0.670. The number of rotatable bonds is 11. The molecule has 2 aromatic carbocycles. The first-order chi connectivity index (χ1) is 15.3. The first-order valence-electron chi connectivity index (χ1n) is 10.7. The highest BCUT2D eigenvalue weighted by Gasteiger charge is 2.30. The second kappa shape index (κ2) is 13.1. The first-order valence-corrected chi connectivity index (χ1v) is 12.3. The lowest BCUT2D eigenvalue weighted by molar-refractivity contribution is -0.143. The molecule has 8 heteroatoms. The van der Waals surface area contributed by atoms with Gasteiger partial charge in [-0.1, -0.05) is 56.1 Å². The fourth-order valence-electron chi connectivity index (χ4n) is 3.24. The van der Waals surface area contributed by atoms with Crippen molar-refractivity contribution in [1.82, 2.24) is 10.2 Å². The van der Waals surface area contributed by atoms with Crippen LogP contribution in [0.15, 0.2) is 40.9 Å². The summed E-state index contributed by atoms with van der Waals surface area (Å²) in [6.45, 7) is 6.34. The van der Waals surface area contributed by atoms with Gasteiger partial charge in [0.25, 0.3) is 5.91 Å². The van der Waals surface area contributed by atoms with Crippen LogP contribution in [0.5, 0.6) is 5.75 Å². The van der Waals surface area contributed by atoms with Gasteiger partial charge >= 0.3 is 0 Å². The van der Waals surface area contributed by atoms with Crippen molar-refractivity contribution < 1.29 is 14.3 Å². The third-order valence-corrected chi connectivity index (χ3v) is 6.41. The van der Waals surface area contributed by atoms with E-state index in [0.717, 1.165) is 22.9 Å². The number of aryl methyl sites for hydroxylation is 1. The van der Waals surface area contributed by atoms with E-state index >= 15 is 0 Å². The molecule has 1 atom stereocenters. The van der Waals surface area contributed by atoms with E-state index in [0.29, 0.717) is 34.3 Å². The van der Waals surface area contributed by atoms with E-state index in [-0.39, 0.29) is 25.0 Å². The number of benzene rings is 2. The summed E-state index contributed by atoms with van der Waals surface area (Å²) >= 11 is 16.2. The number of hydrogen-bond acceptors (Lipinski definition) is 3. The average Bonchev–Trinajstić information content (AvgIpc) is 2.78. The molecule has 0 aromatic heterocycles. The molecule has 0 unspecified atom stereocenters. The molecule has 2 rings (SSSR count). The van der Waals surface area contributed by atoms with Gasteiger partial charge in [-0.25, -0.2) is 0 Å². The van der Waals surface area contributed by atoms with Crippen LogP contribution >= 0.6 is 39.1 Å². The van der Waals surface area contributed by atoms with Crippen molar-refractivity contribution in [1.29, 1.82) is 0 Å². The fourth-order valence-corrected chi connectivity index (χ4v) is 4.30. The van der Waals surface area contributed by atoms with Gasteiger partial charge in [0.05, 0.1) is 4.47 Å². The summed E-state index contributed by atoms with van der Waals surface area (Å²) in [5.41, 5.74) is 1.75. The van der Waals surface area contributed by atoms with Crippen molar-refractivity contribution in [3.8, 4) is 5.75 Å². The van der Waals surface area contributed by atoms with Gasteiger partial charge in [0.1, 0.15) is 11.8 Å². The van der Waals surface area contributed by atoms with Gasteiger partial charge in [0.15, 0.2) is 6.61 Å². The minimum absolute atomic E-state index is 0.106. The van der Waals surface area contributed by atoms with Crippen LogP contribution in [0.25, 0.3) is 0 Å². The van der Waals surface area contributed by atoms with Crippen molar-refractivity contribution >= 4 is 50.9 Å². The quantitative estimate of drug-likeness (QED) is 0.376. The van der Waals surface area contributed by atoms with E-state index in [1.807, 2.05) is 32.0 Å². The van der Waals surface area contributed by atoms with Crippen LogP contribution in [0.2, 0.25) is 10.0 Å². The molecule has 1 N–H and O–H groups in total. The van der Waals surface area contributed by atoms with Gasteiger partial charge in [-0.05, 0) is 65.0 Å². The third kappa shape index (κ3) is 7.12. The van der Waals surface area contributed by atoms with Crippen molar-refractivity contribution in [2.45, 2.75) is 52.6 Å². The number of ether oxygens (including phenoxy) is 1. The van der Waals surface area contributed by atoms with Crippen LogP contribution < -0.4 is 10.1 Å². The highest BCUT2D eigenvalue weighted by molar-refractivity contribution is 9.10. The van der Waals surface area contributed by atoms with E-state index in [4.69, 9.17) is 27.9 Å². The summed E-state index contributed by atoms with van der Waals surface area (Å²) in [6, 6.07) is 10.3. The lowest BCUT2D eigenvalue weighted by Gasteiger charge is -2.31. The highest BCUT2D eigenvalue weighted by atomic mass is 79.9. The molecule has 0 aliphatic heterocycles. The van der Waals surface area contributed by atoms with E-state index < -0.39 is 6.04 Å². The topological polar surface area (TPSA) is 58.6 Å². The Balaban J connectivity index is 2.27. The molecule has 0 fully saturated rings. The molecule has 32 heavy (non-hydrogen) atoms. The van der Waals surface area contributed by atoms with Gasteiger partial charge in [0.2, 0.25) is 5.91 Å². The Morgan fingerprint density at radius 1 is 1.12 bits per heavy atom. The highest BCUT2D eigenvalue weighted by Crippen LogP contribution is 2.28. The molecule has 0 heterocycles. The van der Waals surface area contributed by atoms with Crippen molar-refractivity contribution in [3.05, 3.63) is 62.0 Å². The first kappa shape index (κ1) is 26.5. The summed E-state index contributed by atoms with van der Waals surface area (Å²) in [7, 11) is 0. The standard InChI is InChI=1S/C24H29BrCl2N2O3/c1-4-12-28-24(31)21(6-3)29(14-17-19(26)8-7-9-20(17)27)23(30)15-32-22-11-10-16(5-2)13-18(22)25/h7-11,13,21H,4-6,12,14-15H2,1-3H3,(H,28,31)/t21-/m0/s1. The SMILES string of the molecule is CCCNC(=O)[C@H](CC)N(Cc1c(Cl)cccc1Cl)C(=O)COc1ccc(CC)cc1Br. The van der Waals surface area contributed by atoms with Crippen LogP contribution in [0.4, 0.5) is 0 Å². The normalized spacial score (nSPS) is 11.7. The number of hydrogen-bond donors (Lipinski definition) is 1. The van der Waals surface area contributed by atoms with Crippen LogP contribution in [-0.4, -0.2) is 35.9 Å². The van der Waals surface area contributed by atoms with E-state index in [2.05, 4.69) is 28.2 Å². The number of carbonyl (C=O) groups is 2. The lowest BCUT2D eigenvalue weighted by Crippen LogP contribution is -2.50. The van der Waals surface area contributed by atoms with Crippen molar-refractivity contribution in [3.63, 3.8) is 0 Å². The predicted molar refractivity (Wildman–Crippen MR) is 133 cm³/mol. The molecule has 0 saturated heterocycles. The summed E-state index contributed by atoms with van der Waals surface area (Å²) < 4.78 is 6.57. The molecular weight excluding hydrogens is 515 g/mol. The number of carbonyl (C=O) groups excluding carboxylic acids is 2. The summed E-state index contributed by atoms with van der Waals surface area (Å²) in [5.74, 6) is 0.0278. The molecular formula is C24H29BrCl2N2O3. The Hall–Kier alpha value is -1.76. The monoisotopic (exact) mass is 542 g/mol. The van der Waals surface area contributed by atoms with Crippen molar-refractivity contribution in [2.24, 2.45) is 0 Å². The largest absolute Gasteiger partial charge is 0.483 e. The predicted octanol–water partition coefficient (Wildman–Crippen LogP) is 6.03. The molecule has 0 bridgehead atoms. The lowest BCUT2D eigenvalue weighted by atomic mass is 10.1. The molecule has 5 nitrogen and oxygen atoms in total. The minimum Gasteiger partial charge on any atom is -0.483 e.